The van der Waals surface area contributed by atoms with Gasteiger partial charge in [-0.3, -0.25) is 0 Å². The first-order valence-corrected chi connectivity index (χ1v) is 6.15. The Morgan fingerprint density at radius 2 is 1.89 bits per heavy atom. The number of fused-ring (bicyclic) bond motifs is 1. The fraction of sp³-hybridized carbons (Fsp3) is 0.143. The largest absolute Gasteiger partial charge is 0.328 e. The Balaban J connectivity index is 2.08. The van der Waals surface area contributed by atoms with Crippen molar-refractivity contribution in [3.05, 3.63) is 59.1 Å². The second-order valence-electron chi connectivity index (χ2n) is 4.23. The monoisotopic (exact) mass is 257 g/mol. The van der Waals surface area contributed by atoms with E-state index in [4.69, 9.17) is 11.6 Å². The lowest BCUT2D eigenvalue weighted by Crippen LogP contribution is -2.00. The van der Waals surface area contributed by atoms with E-state index in [1.54, 1.807) is 0 Å². The third kappa shape index (κ3) is 1.97. The molecule has 0 atom stereocenters. The summed E-state index contributed by atoms with van der Waals surface area (Å²) in [5, 5.41) is 1.42. The second kappa shape index (κ2) is 4.42. The normalized spacial score (nSPS) is 11.0. The number of rotatable bonds is 2. The maximum absolute atomic E-state index is 6.11. The van der Waals surface area contributed by atoms with E-state index in [1.165, 1.54) is 5.56 Å². The summed E-state index contributed by atoms with van der Waals surface area (Å²) >= 11 is 6.11. The van der Waals surface area contributed by atoms with Crippen LogP contribution in [-0.4, -0.2) is 14.5 Å². The van der Waals surface area contributed by atoms with Crippen molar-refractivity contribution < 1.29 is 0 Å². The highest BCUT2D eigenvalue weighted by Crippen LogP contribution is 2.22. The molecule has 90 valence electrons. The van der Waals surface area contributed by atoms with Crippen molar-refractivity contribution in [2.24, 2.45) is 0 Å². The molecule has 3 nitrogen and oxygen atoms in total. The van der Waals surface area contributed by atoms with E-state index in [-0.39, 0.29) is 0 Å². The zero-order valence-corrected chi connectivity index (χ0v) is 10.7. The Kier molecular flexibility index (Phi) is 2.76. The van der Waals surface area contributed by atoms with Crippen LogP contribution < -0.4 is 0 Å². The molecule has 0 aliphatic heterocycles. The summed E-state index contributed by atoms with van der Waals surface area (Å²) in [5.74, 6) is 0.695. The van der Waals surface area contributed by atoms with Gasteiger partial charge in [-0.15, -0.1) is 0 Å². The van der Waals surface area contributed by atoms with Crippen molar-refractivity contribution in [2.75, 3.05) is 0 Å². The van der Waals surface area contributed by atoms with E-state index in [2.05, 4.69) is 26.7 Å². The van der Waals surface area contributed by atoms with Gasteiger partial charge in [-0.05, 0) is 18.6 Å². The van der Waals surface area contributed by atoms with Gasteiger partial charge in [0.05, 0.1) is 5.39 Å². The van der Waals surface area contributed by atoms with Crippen molar-refractivity contribution in [1.82, 2.24) is 14.5 Å². The summed E-state index contributed by atoms with van der Waals surface area (Å²) in [6, 6.07) is 12.2. The minimum atomic E-state index is 0.518. The maximum atomic E-state index is 6.11. The molecule has 3 rings (SSSR count). The summed E-state index contributed by atoms with van der Waals surface area (Å²) in [4.78, 5) is 8.62. The molecule has 1 aromatic carbocycles. The van der Waals surface area contributed by atoms with E-state index in [9.17, 15) is 0 Å². The maximum Gasteiger partial charge on any atom is 0.145 e. The molecule has 0 amide bonds. The Morgan fingerprint density at radius 1 is 1.11 bits per heavy atom. The molecule has 0 spiro atoms. The Bertz CT molecular complexity index is 689. The van der Waals surface area contributed by atoms with Gasteiger partial charge in [0.25, 0.3) is 0 Å². The van der Waals surface area contributed by atoms with E-state index in [0.717, 1.165) is 17.6 Å². The summed E-state index contributed by atoms with van der Waals surface area (Å²) in [6.07, 6.45) is 2.00. The molecule has 18 heavy (non-hydrogen) atoms. The number of aryl methyl sites for hydroxylation is 1. The van der Waals surface area contributed by atoms with Gasteiger partial charge < -0.3 is 4.57 Å². The molecule has 0 N–H and O–H groups in total. The van der Waals surface area contributed by atoms with Gasteiger partial charge in [-0.2, -0.15) is 0 Å². The first-order valence-electron chi connectivity index (χ1n) is 5.77. The fourth-order valence-electron chi connectivity index (χ4n) is 2.04. The smallest absolute Gasteiger partial charge is 0.145 e. The third-order valence-corrected chi connectivity index (χ3v) is 3.17. The van der Waals surface area contributed by atoms with Crippen LogP contribution >= 0.6 is 11.6 Å². The molecule has 0 fully saturated rings. The predicted octanol–water partition coefficient (Wildman–Crippen LogP) is 3.44. The lowest BCUT2D eigenvalue weighted by molar-refractivity contribution is 0.820. The van der Waals surface area contributed by atoms with Gasteiger partial charge >= 0.3 is 0 Å². The molecular weight excluding hydrogens is 246 g/mol. The summed E-state index contributed by atoms with van der Waals surface area (Å²) in [7, 11) is 0. The zero-order chi connectivity index (χ0) is 12.5. The highest BCUT2D eigenvalue weighted by Gasteiger charge is 2.08. The van der Waals surface area contributed by atoms with Crippen LogP contribution in [0.15, 0.2) is 42.6 Å². The minimum absolute atomic E-state index is 0.518. The quantitative estimate of drug-likeness (QED) is 0.659. The SMILES string of the molecule is Cc1nc(Cl)c2ccn(Cc3ccccc3)c2n1. The average molecular weight is 258 g/mol. The molecule has 0 bridgehead atoms. The Hall–Kier alpha value is -1.87. The summed E-state index contributed by atoms with van der Waals surface area (Å²) in [6.45, 7) is 2.64. The Morgan fingerprint density at radius 3 is 2.67 bits per heavy atom. The zero-order valence-electron chi connectivity index (χ0n) is 9.97. The molecule has 0 saturated heterocycles. The predicted molar refractivity (Wildman–Crippen MR) is 72.8 cm³/mol. The van der Waals surface area contributed by atoms with Crippen LogP contribution in [0, 0.1) is 6.92 Å². The van der Waals surface area contributed by atoms with Crippen molar-refractivity contribution in [2.45, 2.75) is 13.5 Å². The van der Waals surface area contributed by atoms with E-state index in [0.29, 0.717) is 11.0 Å². The number of hydrogen-bond acceptors (Lipinski definition) is 2. The summed E-state index contributed by atoms with van der Waals surface area (Å²) in [5.41, 5.74) is 2.12. The molecule has 2 aromatic heterocycles. The molecule has 3 aromatic rings. The van der Waals surface area contributed by atoms with Crippen molar-refractivity contribution in [1.29, 1.82) is 0 Å². The highest BCUT2D eigenvalue weighted by atomic mass is 35.5. The molecule has 0 unspecified atom stereocenters. The number of hydrogen-bond donors (Lipinski definition) is 0. The molecule has 4 heteroatoms. The van der Waals surface area contributed by atoms with Crippen LogP contribution in [-0.2, 0) is 6.54 Å². The summed E-state index contributed by atoms with van der Waals surface area (Å²) < 4.78 is 2.09. The van der Waals surface area contributed by atoms with Crippen molar-refractivity contribution in [3.63, 3.8) is 0 Å². The number of aromatic nitrogens is 3. The fourth-order valence-corrected chi connectivity index (χ4v) is 2.31. The van der Waals surface area contributed by atoms with Crippen LogP contribution in [0.3, 0.4) is 0 Å². The first kappa shape index (κ1) is 11.2. The molecule has 0 radical (unpaired) electrons. The van der Waals surface area contributed by atoms with Gasteiger partial charge in [0, 0.05) is 12.7 Å². The van der Waals surface area contributed by atoms with Crippen LogP contribution in [0.1, 0.15) is 11.4 Å². The van der Waals surface area contributed by atoms with E-state index in [1.807, 2.05) is 37.4 Å². The van der Waals surface area contributed by atoms with Gasteiger partial charge in [-0.25, -0.2) is 9.97 Å². The average Bonchev–Trinajstić information content (AvgIpc) is 2.74. The van der Waals surface area contributed by atoms with Gasteiger partial charge in [0.1, 0.15) is 16.6 Å². The molecule has 0 saturated carbocycles. The molecule has 0 aliphatic rings. The van der Waals surface area contributed by atoms with Gasteiger partial charge in [0.2, 0.25) is 0 Å². The first-order chi connectivity index (χ1) is 8.74. The third-order valence-electron chi connectivity index (χ3n) is 2.88. The topological polar surface area (TPSA) is 30.7 Å². The number of halogens is 1. The Labute approximate surface area is 110 Å². The number of benzene rings is 1. The second-order valence-corrected chi connectivity index (χ2v) is 4.59. The van der Waals surface area contributed by atoms with Crippen LogP contribution in [0.25, 0.3) is 11.0 Å². The van der Waals surface area contributed by atoms with Crippen molar-refractivity contribution >= 4 is 22.6 Å². The lowest BCUT2D eigenvalue weighted by Gasteiger charge is -2.05. The van der Waals surface area contributed by atoms with Crippen molar-refractivity contribution in [3.8, 4) is 0 Å². The van der Waals surface area contributed by atoms with Crippen LogP contribution in [0.5, 0.6) is 0 Å². The van der Waals surface area contributed by atoms with E-state index >= 15 is 0 Å². The molecular formula is C14H12ClN3. The van der Waals surface area contributed by atoms with Crippen LogP contribution in [0.4, 0.5) is 0 Å². The standard InChI is InChI=1S/C14H12ClN3/c1-10-16-13(15)12-7-8-18(14(12)17-10)9-11-5-3-2-4-6-11/h2-8H,9H2,1H3. The highest BCUT2D eigenvalue weighted by molar-refractivity contribution is 6.33. The van der Waals surface area contributed by atoms with E-state index < -0.39 is 0 Å². The lowest BCUT2D eigenvalue weighted by atomic mass is 10.2. The number of nitrogens with zero attached hydrogens (tertiary/aromatic N) is 3. The van der Waals surface area contributed by atoms with Gasteiger partial charge in [-0.1, -0.05) is 41.9 Å². The van der Waals surface area contributed by atoms with Gasteiger partial charge in [0.15, 0.2) is 0 Å². The van der Waals surface area contributed by atoms with Crippen LogP contribution in [0.2, 0.25) is 5.15 Å². The minimum Gasteiger partial charge on any atom is -0.328 e. The molecule has 2 heterocycles. The molecule has 0 aliphatic carbocycles.